The third kappa shape index (κ3) is 4.71. The van der Waals surface area contributed by atoms with Crippen LogP contribution in [-0.4, -0.2) is 25.9 Å². The first-order chi connectivity index (χ1) is 14.8. The van der Waals surface area contributed by atoms with E-state index in [2.05, 4.69) is 36.4 Å². The van der Waals surface area contributed by atoms with Gasteiger partial charge in [0.15, 0.2) is 5.82 Å². The molecule has 1 atom stereocenters. The van der Waals surface area contributed by atoms with Gasteiger partial charge in [0.25, 0.3) is 0 Å². The molecule has 7 nitrogen and oxygen atoms in total. The fraction of sp³-hybridized carbons (Fsp3) is 0.375. The van der Waals surface area contributed by atoms with E-state index in [-0.39, 0.29) is 23.2 Å². The fourth-order valence-electron chi connectivity index (χ4n) is 3.91. The van der Waals surface area contributed by atoms with E-state index in [0.717, 1.165) is 36.2 Å². The van der Waals surface area contributed by atoms with Crippen LogP contribution in [0.1, 0.15) is 62.2 Å². The molecule has 0 radical (unpaired) electrons. The number of urea groups is 1. The lowest BCUT2D eigenvalue weighted by atomic mass is 9.87. The molecule has 1 unspecified atom stereocenters. The second-order valence-corrected chi connectivity index (χ2v) is 9.03. The largest absolute Gasteiger partial charge is 0.508 e. The lowest BCUT2D eigenvalue weighted by molar-refractivity contribution is 0.235. The summed E-state index contributed by atoms with van der Waals surface area (Å²) in [4.78, 5) is 17.1. The first-order valence-corrected chi connectivity index (χ1v) is 10.7. The predicted octanol–water partition coefficient (Wildman–Crippen LogP) is 4.15. The molecule has 3 N–H and O–H groups in total. The first kappa shape index (κ1) is 20.9. The topological polar surface area (TPSA) is 92.1 Å². The molecule has 0 saturated heterocycles. The van der Waals surface area contributed by atoms with Gasteiger partial charge in [-0.25, -0.2) is 14.5 Å². The number of aryl methyl sites for hydroxylation is 1. The highest BCUT2D eigenvalue weighted by atomic mass is 16.3. The molecule has 0 aliphatic heterocycles. The van der Waals surface area contributed by atoms with Crippen molar-refractivity contribution in [3.05, 3.63) is 71.2 Å². The number of pyridine rings is 1. The van der Waals surface area contributed by atoms with Crippen LogP contribution >= 0.6 is 0 Å². The molecular weight excluding hydrogens is 390 g/mol. The molecule has 162 valence electrons. The van der Waals surface area contributed by atoms with Crippen molar-refractivity contribution in [1.82, 2.24) is 25.4 Å². The van der Waals surface area contributed by atoms with E-state index < -0.39 is 0 Å². The molecule has 3 aromatic rings. The monoisotopic (exact) mass is 419 g/mol. The molecule has 0 fully saturated rings. The summed E-state index contributed by atoms with van der Waals surface area (Å²) < 4.78 is 1.79. The Balaban J connectivity index is 1.49. The fourth-order valence-corrected chi connectivity index (χ4v) is 3.91. The maximum absolute atomic E-state index is 12.7. The van der Waals surface area contributed by atoms with Crippen LogP contribution in [0.15, 0.2) is 48.7 Å². The van der Waals surface area contributed by atoms with E-state index in [4.69, 9.17) is 5.10 Å². The number of carbonyl (C=O) groups is 1. The molecule has 2 heterocycles. The number of rotatable bonds is 4. The third-order valence-electron chi connectivity index (χ3n) is 5.60. The van der Waals surface area contributed by atoms with Gasteiger partial charge in [-0.15, -0.1) is 0 Å². The molecule has 7 heteroatoms. The Hall–Kier alpha value is -3.35. The minimum atomic E-state index is -0.243. The quantitative estimate of drug-likeness (QED) is 0.592. The molecular formula is C24H29N5O2. The average Bonchev–Trinajstić information content (AvgIpc) is 3.18. The maximum atomic E-state index is 12.7. The minimum Gasteiger partial charge on any atom is -0.508 e. The summed E-state index contributed by atoms with van der Waals surface area (Å²) in [6.45, 7) is 6.65. The number of nitrogens with zero attached hydrogens (tertiary/aromatic N) is 3. The third-order valence-corrected chi connectivity index (χ3v) is 5.60. The number of hydrogen-bond acceptors (Lipinski definition) is 4. The zero-order chi connectivity index (χ0) is 22.0. The maximum Gasteiger partial charge on any atom is 0.315 e. The number of benzene rings is 1. The van der Waals surface area contributed by atoms with Crippen molar-refractivity contribution in [2.75, 3.05) is 0 Å². The smallest absolute Gasteiger partial charge is 0.315 e. The summed E-state index contributed by atoms with van der Waals surface area (Å²) in [7, 11) is 0. The number of carbonyl (C=O) groups excluding carboxylic acids is 1. The van der Waals surface area contributed by atoms with E-state index in [1.807, 2.05) is 30.3 Å². The number of hydrogen-bond donors (Lipinski definition) is 3. The zero-order valence-corrected chi connectivity index (χ0v) is 18.2. The van der Waals surface area contributed by atoms with Crippen LogP contribution in [-0.2, 0) is 18.4 Å². The van der Waals surface area contributed by atoms with Gasteiger partial charge in [0.1, 0.15) is 5.75 Å². The van der Waals surface area contributed by atoms with Crippen LogP contribution < -0.4 is 10.6 Å². The molecule has 1 aromatic carbocycles. The SMILES string of the molecule is CC(C)(C)c1cc(CNC(=O)NC2CCCc3ccc(O)cc32)n(-c2ccccn2)n1. The molecule has 2 aromatic heterocycles. The van der Waals surface area contributed by atoms with Crippen molar-refractivity contribution in [3.8, 4) is 11.6 Å². The highest BCUT2D eigenvalue weighted by Gasteiger charge is 2.24. The Morgan fingerprint density at radius 1 is 1.23 bits per heavy atom. The number of aromatic hydroxyl groups is 1. The van der Waals surface area contributed by atoms with E-state index in [0.29, 0.717) is 12.4 Å². The zero-order valence-electron chi connectivity index (χ0n) is 18.2. The van der Waals surface area contributed by atoms with Crippen molar-refractivity contribution in [2.45, 2.75) is 58.0 Å². The van der Waals surface area contributed by atoms with Crippen molar-refractivity contribution >= 4 is 6.03 Å². The number of fused-ring (bicyclic) bond motifs is 1. The van der Waals surface area contributed by atoms with Crippen molar-refractivity contribution in [2.24, 2.45) is 0 Å². The lowest BCUT2D eigenvalue weighted by Gasteiger charge is -2.26. The van der Waals surface area contributed by atoms with Crippen LogP contribution in [0.2, 0.25) is 0 Å². The second-order valence-electron chi connectivity index (χ2n) is 9.03. The molecule has 0 saturated carbocycles. The van der Waals surface area contributed by atoms with Crippen LogP contribution in [0.5, 0.6) is 5.75 Å². The van der Waals surface area contributed by atoms with Gasteiger partial charge < -0.3 is 15.7 Å². The summed E-state index contributed by atoms with van der Waals surface area (Å²) in [5, 5.41) is 20.6. The standard InChI is InChI=1S/C24H29N5O2/c1-24(2,3)21-13-17(29(28-21)22-9-4-5-12-25-22)15-26-23(31)27-20-8-6-7-16-10-11-18(30)14-19(16)20/h4-5,9-14,20,30H,6-8,15H2,1-3H3,(H2,26,27,31). The normalized spacial score (nSPS) is 15.9. The summed E-state index contributed by atoms with van der Waals surface area (Å²) in [5.41, 5.74) is 3.85. The Bertz CT molecular complexity index is 1070. The molecule has 2 amide bonds. The van der Waals surface area contributed by atoms with E-state index in [1.165, 1.54) is 5.56 Å². The number of phenols is 1. The van der Waals surface area contributed by atoms with Gasteiger partial charge in [-0.05, 0) is 60.7 Å². The van der Waals surface area contributed by atoms with Gasteiger partial charge in [0.05, 0.1) is 24.0 Å². The van der Waals surface area contributed by atoms with Gasteiger partial charge in [-0.1, -0.05) is 32.9 Å². The highest BCUT2D eigenvalue weighted by molar-refractivity contribution is 5.74. The summed E-state index contributed by atoms with van der Waals surface area (Å²) in [6.07, 6.45) is 4.55. The first-order valence-electron chi connectivity index (χ1n) is 10.7. The molecule has 31 heavy (non-hydrogen) atoms. The second kappa shape index (κ2) is 8.41. The summed E-state index contributed by atoms with van der Waals surface area (Å²) in [5.74, 6) is 0.939. The highest BCUT2D eigenvalue weighted by Crippen LogP contribution is 2.32. The number of aromatic nitrogens is 3. The summed E-state index contributed by atoms with van der Waals surface area (Å²) in [6, 6.07) is 12.7. The Labute approximate surface area is 182 Å². The van der Waals surface area contributed by atoms with Gasteiger partial charge in [0, 0.05) is 11.6 Å². The molecule has 0 spiro atoms. The number of amides is 2. The van der Waals surface area contributed by atoms with Crippen molar-refractivity contribution in [3.63, 3.8) is 0 Å². The van der Waals surface area contributed by atoms with Gasteiger partial charge in [-0.2, -0.15) is 5.10 Å². The Kier molecular flexibility index (Phi) is 5.67. The van der Waals surface area contributed by atoms with E-state index in [1.54, 1.807) is 23.0 Å². The van der Waals surface area contributed by atoms with Crippen LogP contribution in [0.4, 0.5) is 4.79 Å². The average molecular weight is 420 g/mol. The molecule has 1 aliphatic carbocycles. The van der Waals surface area contributed by atoms with E-state index >= 15 is 0 Å². The van der Waals surface area contributed by atoms with Gasteiger partial charge in [0.2, 0.25) is 0 Å². The van der Waals surface area contributed by atoms with E-state index in [9.17, 15) is 9.90 Å². The molecule has 4 rings (SSSR count). The molecule has 0 bridgehead atoms. The number of nitrogens with one attached hydrogen (secondary N) is 2. The van der Waals surface area contributed by atoms with Crippen molar-refractivity contribution in [1.29, 1.82) is 0 Å². The Morgan fingerprint density at radius 3 is 2.81 bits per heavy atom. The van der Waals surface area contributed by atoms with Crippen LogP contribution in [0.25, 0.3) is 5.82 Å². The Morgan fingerprint density at radius 2 is 2.06 bits per heavy atom. The van der Waals surface area contributed by atoms with Crippen LogP contribution in [0, 0.1) is 0 Å². The summed E-state index contributed by atoms with van der Waals surface area (Å²) >= 11 is 0. The van der Waals surface area contributed by atoms with Crippen molar-refractivity contribution < 1.29 is 9.90 Å². The number of phenolic OH excluding ortho intramolecular Hbond substituents is 1. The minimum absolute atomic E-state index is 0.110. The van der Waals surface area contributed by atoms with Crippen LogP contribution in [0.3, 0.4) is 0 Å². The van der Waals surface area contributed by atoms with Gasteiger partial charge in [-0.3, -0.25) is 0 Å². The predicted molar refractivity (Wildman–Crippen MR) is 119 cm³/mol. The molecule has 1 aliphatic rings. The lowest BCUT2D eigenvalue weighted by Crippen LogP contribution is -2.39. The van der Waals surface area contributed by atoms with Gasteiger partial charge >= 0.3 is 6.03 Å².